The van der Waals surface area contributed by atoms with Gasteiger partial charge in [0.05, 0.1) is 12.5 Å². The Balaban J connectivity index is 2.37. The number of nitriles is 2. The van der Waals surface area contributed by atoms with Crippen molar-refractivity contribution in [2.45, 2.75) is 12.8 Å². The molecule has 1 aromatic rings. The lowest BCUT2D eigenvalue weighted by molar-refractivity contribution is -0.117. The van der Waals surface area contributed by atoms with Crippen LogP contribution >= 0.6 is 0 Å². The van der Waals surface area contributed by atoms with Gasteiger partial charge in [0.2, 0.25) is 0 Å². The molecule has 0 aliphatic carbocycles. The topological polar surface area (TPSA) is 88.7 Å². The van der Waals surface area contributed by atoms with Crippen molar-refractivity contribution in [1.82, 2.24) is 10.6 Å². The van der Waals surface area contributed by atoms with Crippen molar-refractivity contribution in [2.24, 2.45) is 0 Å². The quantitative estimate of drug-likeness (QED) is 0.442. The highest BCUT2D eigenvalue weighted by molar-refractivity contribution is 5.97. The minimum atomic E-state index is -0.409. The summed E-state index contributed by atoms with van der Waals surface area (Å²) in [6, 6.07) is 13.6. The van der Waals surface area contributed by atoms with Crippen LogP contribution in [0.2, 0.25) is 0 Å². The van der Waals surface area contributed by atoms with Crippen LogP contribution in [0.15, 0.2) is 42.1 Å². The van der Waals surface area contributed by atoms with E-state index in [4.69, 9.17) is 10.5 Å². The summed E-state index contributed by atoms with van der Waals surface area (Å²) in [4.78, 5) is 11.7. The molecule has 1 rings (SSSR count). The van der Waals surface area contributed by atoms with Crippen LogP contribution in [0.25, 0.3) is 0 Å². The number of hydrogen-bond donors (Lipinski definition) is 2. The maximum atomic E-state index is 11.7. The molecule has 0 aromatic heterocycles. The van der Waals surface area contributed by atoms with E-state index in [1.165, 1.54) is 6.20 Å². The van der Waals surface area contributed by atoms with Gasteiger partial charge in [-0.25, -0.2) is 0 Å². The normalized spacial score (nSPS) is 10.2. The Hall–Kier alpha value is -2.79. The smallest absolute Gasteiger partial charge is 0.263 e. The van der Waals surface area contributed by atoms with E-state index in [1.807, 2.05) is 42.5 Å². The second kappa shape index (κ2) is 9.18. The zero-order valence-corrected chi connectivity index (χ0v) is 11.1. The Morgan fingerprint density at radius 1 is 1.20 bits per heavy atom. The first-order valence-electron chi connectivity index (χ1n) is 6.30. The monoisotopic (exact) mass is 268 g/mol. The van der Waals surface area contributed by atoms with Gasteiger partial charge in [0.25, 0.3) is 5.91 Å². The van der Waals surface area contributed by atoms with Gasteiger partial charge >= 0.3 is 0 Å². The van der Waals surface area contributed by atoms with Gasteiger partial charge in [0.15, 0.2) is 0 Å². The third-order valence-corrected chi connectivity index (χ3v) is 2.53. The molecule has 0 heterocycles. The fourth-order valence-corrected chi connectivity index (χ4v) is 1.51. The van der Waals surface area contributed by atoms with Crippen LogP contribution in [0, 0.1) is 22.7 Å². The summed E-state index contributed by atoms with van der Waals surface area (Å²) in [5.74, 6) is -0.409. The SMILES string of the molecule is N#CCCN/C=C(/C#N)C(=O)NCCc1ccccc1. The van der Waals surface area contributed by atoms with Crippen molar-refractivity contribution < 1.29 is 4.79 Å². The number of rotatable bonds is 7. The number of amides is 1. The molecule has 0 aliphatic rings. The highest BCUT2D eigenvalue weighted by Crippen LogP contribution is 1.98. The molecule has 1 amide bonds. The van der Waals surface area contributed by atoms with E-state index in [9.17, 15) is 4.79 Å². The molecule has 0 fully saturated rings. The van der Waals surface area contributed by atoms with E-state index in [0.29, 0.717) is 25.9 Å². The van der Waals surface area contributed by atoms with Crippen molar-refractivity contribution in [1.29, 1.82) is 10.5 Å². The Morgan fingerprint density at radius 2 is 1.95 bits per heavy atom. The third-order valence-electron chi connectivity index (χ3n) is 2.53. The molecule has 0 saturated carbocycles. The number of nitrogens with zero attached hydrogens (tertiary/aromatic N) is 2. The average Bonchev–Trinajstić information content (AvgIpc) is 2.48. The van der Waals surface area contributed by atoms with Gasteiger partial charge in [-0.15, -0.1) is 0 Å². The van der Waals surface area contributed by atoms with Gasteiger partial charge in [-0.2, -0.15) is 10.5 Å². The summed E-state index contributed by atoms with van der Waals surface area (Å²) in [5, 5.41) is 22.7. The Bertz CT molecular complexity index is 537. The van der Waals surface area contributed by atoms with E-state index in [2.05, 4.69) is 10.6 Å². The van der Waals surface area contributed by atoms with Crippen LogP contribution in [0.4, 0.5) is 0 Å². The largest absolute Gasteiger partial charge is 0.389 e. The van der Waals surface area contributed by atoms with Gasteiger partial charge < -0.3 is 10.6 Å². The Kier molecular flexibility index (Phi) is 7.01. The fraction of sp³-hybridized carbons (Fsp3) is 0.267. The molecule has 0 aliphatic heterocycles. The number of nitrogens with one attached hydrogen (secondary N) is 2. The lowest BCUT2D eigenvalue weighted by Gasteiger charge is -2.04. The number of carbonyl (C=O) groups excluding carboxylic acids is 1. The fourth-order valence-electron chi connectivity index (χ4n) is 1.51. The summed E-state index contributed by atoms with van der Waals surface area (Å²) in [5.41, 5.74) is 1.14. The van der Waals surface area contributed by atoms with Crippen molar-refractivity contribution in [3.05, 3.63) is 47.7 Å². The lowest BCUT2D eigenvalue weighted by Crippen LogP contribution is -2.27. The van der Waals surface area contributed by atoms with E-state index < -0.39 is 5.91 Å². The molecule has 0 radical (unpaired) electrons. The first kappa shape index (κ1) is 15.3. The first-order chi connectivity index (χ1) is 9.77. The molecular formula is C15H16N4O. The predicted octanol–water partition coefficient (Wildman–Crippen LogP) is 1.26. The number of hydrogen-bond acceptors (Lipinski definition) is 4. The van der Waals surface area contributed by atoms with Crippen LogP contribution in [0.5, 0.6) is 0 Å². The van der Waals surface area contributed by atoms with Crippen LogP contribution in [-0.4, -0.2) is 19.0 Å². The molecule has 0 atom stereocenters. The van der Waals surface area contributed by atoms with Crippen molar-refractivity contribution >= 4 is 5.91 Å². The van der Waals surface area contributed by atoms with Gasteiger partial charge in [0.1, 0.15) is 11.6 Å². The van der Waals surface area contributed by atoms with E-state index in [0.717, 1.165) is 5.56 Å². The Labute approximate surface area is 118 Å². The van der Waals surface area contributed by atoms with Crippen LogP contribution < -0.4 is 10.6 Å². The van der Waals surface area contributed by atoms with Gasteiger partial charge in [0, 0.05) is 19.3 Å². The summed E-state index contributed by atoms with van der Waals surface area (Å²) < 4.78 is 0. The highest BCUT2D eigenvalue weighted by atomic mass is 16.1. The zero-order valence-electron chi connectivity index (χ0n) is 11.1. The molecule has 5 heteroatoms. The molecule has 0 spiro atoms. The molecule has 5 nitrogen and oxygen atoms in total. The van der Waals surface area contributed by atoms with Gasteiger partial charge in [-0.1, -0.05) is 30.3 Å². The van der Waals surface area contributed by atoms with Gasteiger partial charge in [-0.05, 0) is 12.0 Å². The van der Waals surface area contributed by atoms with Gasteiger partial charge in [-0.3, -0.25) is 4.79 Å². The summed E-state index contributed by atoms with van der Waals surface area (Å²) in [6.07, 6.45) is 2.38. The second-order valence-electron chi connectivity index (χ2n) is 4.02. The molecule has 2 N–H and O–H groups in total. The third kappa shape index (κ3) is 5.70. The number of carbonyl (C=O) groups is 1. The minimum absolute atomic E-state index is 0.0102. The highest BCUT2D eigenvalue weighted by Gasteiger charge is 2.07. The summed E-state index contributed by atoms with van der Waals surface area (Å²) in [6.45, 7) is 0.888. The molecular weight excluding hydrogens is 252 g/mol. The Morgan fingerprint density at radius 3 is 2.60 bits per heavy atom. The second-order valence-corrected chi connectivity index (χ2v) is 4.02. The molecule has 0 saturated heterocycles. The lowest BCUT2D eigenvalue weighted by atomic mass is 10.1. The molecule has 0 bridgehead atoms. The molecule has 102 valence electrons. The standard InChI is InChI=1S/C15H16N4O/c16-8-4-9-18-12-14(11-17)15(20)19-10-7-13-5-2-1-3-6-13/h1-3,5-6,12,18H,4,7,9-10H2,(H,19,20)/b14-12-. The van der Waals surface area contributed by atoms with Crippen LogP contribution in [-0.2, 0) is 11.2 Å². The molecule has 0 unspecified atom stereocenters. The van der Waals surface area contributed by atoms with Crippen LogP contribution in [0.3, 0.4) is 0 Å². The maximum Gasteiger partial charge on any atom is 0.263 e. The van der Waals surface area contributed by atoms with Crippen molar-refractivity contribution in [3.8, 4) is 12.1 Å². The van der Waals surface area contributed by atoms with Crippen molar-refractivity contribution in [2.75, 3.05) is 13.1 Å². The predicted molar refractivity (Wildman–Crippen MR) is 75.1 cm³/mol. The zero-order chi connectivity index (χ0) is 14.6. The van der Waals surface area contributed by atoms with Crippen LogP contribution in [0.1, 0.15) is 12.0 Å². The van der Waals surface area contributed by atoms with E-state index >= 15 is 0 Å². The van der Waals surface area contributed by atoms with E-state index in [1.54, 1.807) is 0 Å². The van der Waals surface area contributed by atoms with Crippen molar-refractivity contribution in [3.63, 3.8) is 0 Å². The summed E-state index contributed by atoms with van der Waals surface area (Å²) >= 11 is 0. The van der Waals surface area contributed by atoms with E-state index in [-0.39, 0.29) is 5.57 Å². The maximum absolute atomic E-state index is 11.7. The minimum Gasteiger partial charge on any atom is -0.389 e. The number of benzene rings is 1. The average molecular weight is 268 g/mol. The first-order valence-corrected chi connectivity index (χ1v) is 6.30. The molecule has 1 aromatic carbocycles. The summed E-state index contributed by atoms with van der Waals surface area (Å²) in [7, 11) is 0. The molecule has 20 heavy (non-hydrogen) atoms.